The van der Waals surface area contributed by atoms with E-state index in [-0.39, 0.29) is 0 Å². The highest BCUT2D eigenvalue weighted by atomic mass is 16.5. The topological polar surface area (TPSA) is 76.0 Å². The number of aromatic carboxylic acids is 1. The molecular formula is C54H46O5. The molecule has 5 heteroatoms. The normalized spacial score (nSPS) is 11.9. The molecule has 292 valence electrons. The molecule has 59 heavy (non-hydrogen) atoms. The van der Waals surface area contributed by atoms with Gasteiger partial charge in [-0.15, -0.1) is 0 Å². The average Bonchev–Trinajstić information content (AvgIpc) is 3.27. The van der Waals surface area contributed by atoms with Gasteiger partial charge in [0.2, 0.25) is 0 Å². The number of carboxylic acids is 1. The molecule has 1 heterocycles. The van der Waals surface area contributed by atoms with Gasteiger partial charge >= 0.3 is 5.97 Å². The molecule has 0 radical (unpaired) electrons. The first-order valence-corrected chi connectivity index (χ1v) is 19.6. The van der Waals surface area contributed by atoms with Crippen LogP contribution < -0.4 is 9.47 Å². The van der Waals surface area contributed by atoms with Gasteiger partial charge in [-0.05, 0) is 116 Å². The number of aliphatic hydroxyl groups is 1. The molecule has 0 amide bonds. The van der Waals surface area contributed by atoms with Crippen molar-refractivity contribution in [1.29, 1.82) is 0 Å². The Balaban J connectivity index is 0.000000148. The largest absolute Gasteiger partial charge is 0.478 e. The molecule has 0 fully saturated rings. The van der Waals surface area contributed by atoms with E-state index < -0.39 is 11.6 Å². The minimum Gasteiger partial charge on any atom is -0.478 e. The third kappa shape index (κ3) is 9.50. The maximum atomic E-state index is 12.2. The predicted molar refractivity (Wildman–Crippen MR) is 238 cm³/mol. The van der Waals surface area contributed by atoms with Gasteiger partial charge in [0.05, 0.1) is 5.56 Å². The average molecular weight is 775 g/mol. The second-order valence-corrected chi connectivity index (χ2v) is 14.7. The number of aryl methyl sites for hydroxylation is 4. The monoisotopic (exact) mass is 774 g/mol. The van der Waals surface area contributed by atoms with Crippen molar-refractivity contribution in [3.8, 4) is 45.3 Å². The summed E-state index contributed by atoms with van der Waals surface area (Å²) in [5.74, 6) is 2.26. The van der Waals surface area contributed by atoms with E-state index in [1.54, 1.807) is 12.1 Å². The highest BCUT2D eigenvalue weighted by Gasteiger charge is 2.42. The van der Waals surface area contributed by atoms with Crippen LogP contribution in [0.1, 0.15) is 49.3 Å². The molecule has 0 aliphatic carbocycles. The number of fused-ring (bicyclic) bond motifs is 2. The van der Waals surface area contributed by atoms with Gasteiger partial charge in [-0.2, -0.15) is 0 Å². The second-order valence-electron chi connectivity index (χ2n) is 14.7. The molecule has 0 spiro atoms. The van der Waals surface area contributed by atoms with Crippen LogP contribution in [0.2, 0.25) is 0 Å². The first-order chi connectivity index (χ1) is 28.6. The Bertz CT molecular complexity index is 2540. The summed E-state index contributed by atoms with van der Waals surface area (Å²) in [6.07, 6.45) is 0. The zero-order valence-electron chi connectivity index (χ0n) is 33.6. The van der Waals surface area contributed by atoms with Crippen LogP contribution in [0.25, 0.3) is 22.3 Å². The molecule has 8 aromatic rings. The standard InChI is InChI=1S/C27H22O2.C14H14O.C13H10O2/c1-18-8-14-25-23(16-18)27(28,24-17-19(2)9-15-26(24)29-25)22-12-10-21(11-13-22)20-6-4-3-5-7-20;1-11-3-7-13(8-4-11)15-14-9-5-12(2)6-10-14;14-13(15)12-8-6-11(7-9-12)10-4-2-1-3-5-10/h3-17,28H,1-2H3;3-10H,1-2H3;1-9H,(H,14,15). The quantitative estimate of drug-likeness (QED) is 0.176. The van der Waals surface area contributed by atoms with E-state index in [9.17, 15) is 9.90 Å². The molecule has 0 atom stereocenters. The molecule has 2 N–H and O–H groups in total. The third-order valence-electron chi connectivity index (χ3n) is 10.2. The Hall–Kier alpha value is -7.21. The molecule has 5 nitrogen and oxygen atoms in total. The Labute approximate surface area is 346 Å². The van der Waals surface area contributed by atoms with Crippen molar-refractivity contribution < 1.29 is 24.5 Å². The fourth-order valence-electron chi connectivity index (χ4n) is 6.92. The van der Waals surface area contributed by atoms with E-state index in [1.165, 1.54) is 11.1 Å². The first-order valence-electron chi connectivity index (χ1n) is 19.6. The summed E-state index contributed by atoms with van der Waals surface area (Å²) in [7, 11) is 0. The fraction of sp³-hybridized carbons (Fsp3) is 0.0926. The second kappa shape index (κ2) is 17.9. The minimum absolute atomic E-state index is 0.315. The van der Waals surface area contributed by atoms with Gasteiger partial charge < -0.3 is 19.7 Å². The lowest BCUT2D eigenvalue weighted by atomic mass is 9.77. The van der Waals surface area contributed by atoms with E-state index in [0.29, 0.717) is 17.1 Å². The SMILES string of the molecule is Cc1ccc(Oc2ccc(C)cc2)cc1.Cc1ccc2c(c1)C(O)(c1ccc(-c3ccccc3)cc1)c1cc(C)ccc1O2.O=C(O)c1ccc(-c2ccccc2)cc1. The molecular weight excluding hydrogens is 729 g/mol. The van der Waals surface area contributed by atoms with Crippen molar-refractivity contribution >= 4 is 5.97 Å². The summed E-state index contributed by atoms with van der Waals surface area (Å²) >= 11 is 0. The highest BCUT2D eigenvalue weighted by Crippen LogP contribution is 2.50. The van der Waals surface area contributed by atoms with Crippen molar-refractivity contribution in [2.75, 3.05) is 0 Å². The van der Waals surface area contributed by atoms with E-state index in [4.69, 9.17) is 14.6 Å². The Morgan fingerprint density at radius 1 is 0.458 bits per heavy atom. The lowest BCUT2D eigenvalue weighted by Gasteiger charge is -2.37. The Kier molecular flexibility index (Phi) is 12.2. The van der Waals surface area contributed by atoms with Gasteiger partial charge in [0.15, 0.2) is 0 Å². The van der Waals surface area contributed by atoms with Gasteiger partial charge in [-0.25, -0.2) is 4.79 Å². The number of ether oxygens (including phenoxy) is 2. The van der Waals surface area contributed by atoms with Gasteiger partial charge in [-0.1, -0.05) is 156 Å². The third-order valence-corrected chi connectivity index (χ3v) is 10.2. The van der Waals surface area contributed by atoms with Crippen LogP contribution in [0.5, 0.6) is 23.0 Å². The van der Waals surface area contributed by atoms with Crippen LogP contribution in [0.3, 0.4) is 0 Å². The molecule has 0 unspecified atom stereocenters. The number of benzene rings is 8. The van der Waals surface area contributed by atoms with Crippen molar-refractivity contribution in [1.82, 2.24) is 0 Å². The van der Waals surface area contributed by atoms with Crippen LogP contribution in [-0.2, 0) is 5.60 Å². The number of hydrogen-bond donors (Lipinski definition) is 2. The summed E-state index contributed by atoms with van der Waals surface area (Å²) in [6.45, 7) is 8.20. The van der Waals surface area contributed by atoms with Crippen LogP contribution in [0.15, 0.2) is 194 Å². The first kappa shape index (κ1) is 40.0. The zero-order chi connectivity index (χ0) is 41.4. The van der Waals surface area contributed by atoms with Gasteiger partial charge in [0.1, 0.15) is 28.6 Å². The van der Waals surface area contributed by atoms with Crippen LogP contribution >= 0.6 is 0 Å². The maximum Gasteiger partial charge on any atom is 0.335 e. The van der Waals surface area contributed by atoms with Gasteiger partial charge in [-0.3, -0.25) is 0 Å². The lowest BCUT2D eigenvalue weighted by Crippen LogP contribution is -2.32. The van der Waals surface area contributed by atoms with Crippen LogP contribution in [0, 0.1) is 27.7 Å². The van der Waals surface area contributed by atoms with Crippen molar-refractivity contribution in [3.05, 3.63) is 239 Å². The van der Waals surface area contributed by atoms with E-state index in [0.717, 1.165) is 61.6 Å². The van der Waals surface area contributed by atoms with E-state index >= 15 is 0 Å². The summed E-state index contributed by atoms with van der Waals surface area (Å²) in [5.41, 5.74) is 10.5. The van der Waals surface area contributed by atoms with Crippen LogP contribution in [0.4, 0.5) is 0 Å². The minimum atomic E-state index is -1.27. The van der Waals surface area contributed by atoms with Crippen molar-refractivity contribution in [3.63, 3.8) is 0 Å². The number of carboxylic acid groups (broad SMARTS) is 1. The molecule has 9 rings (SSSR count). The molecule has 1 aliphatic heterocycles. The van der Waals surface area contributed by atoms with E-state index in [1.807, 2.05) is 172 Å². The summed E-state index contributed by atoms with van der Waals surface area (Å²) in [6, 6.07) is 63.2. The molecule has 8 aromatic carbocycles. The van der Waals surface area contributed by atoms with Crippen molar-refractivity contribution in [2.24, 2.45) is 0 Å². The van der Waals surface area contributed by atoms with Crippen LogP contribution in [-0.4, -0.2) is 16.2 Å². The van der Waals surface area contributed by atoms with E-state index in [2.05, 4.69) is 38.1 Å². The summed E-state index contributed by atoms with van der Waals surface area (Å²) in [5, 5.41) is 20.9. The Morgan fingerprint density at radius 2 is 0.831 bits per heavy atom. The molecule has 0 aromatic heterocycles. The van der Waals surface area contributed by atoms with Crippen molar-refractivity contribution in [2.45, 2.75) is 33.3 Å². The van der Waals surface area contributed by atoms with Gasteiger partial charge in [0.25, 0.3) is 0 Å². The highest BCUT2D eigenvalue weighted by molar-refractivity contribution is 5.88. The maximum absolute atomic E-state index is 12.2. The summed E-state index contributed by atoms with van der Waals surface area (Å²) < 4.78 is 11.8. The van der Waals surface area contributed by atoms with Gasteiger partial charge in [0, 0.05) is 11.1 Å². The molecule has 1 aliphatic rings. The molecule has 0 saturated heterocycles. The number of carbonyl (C=O) groups is 1. The smallest absolute Gasteiger partial charge is 0.335 e. The number of hydrogen-bond acceptors (Lipinski definition) is 4. The zero-order valence-corrected chi connectivity index (χ0v) is 33.6. The Morgan fingerprint density at radius 3 is 1.24 bits per heavy atom. The predicted octanol–water partition coefficient (Wildman–Crippen LogP) is 13.5. The molecule has 0 saturated carbocycles. The lowest BCUT2D eigenvalue weighted by molar-refractivity contribution is 0.0696. The fourth-order valence-corrected chi connectivity index (χ4v) is 6.92. The molecule has 0 bridgehead atoms. The number of rotatable bonds is 6. The summed E-state index contributed by atoms with van der Waals surface area (Å²) in [4.78, 5) is 10.6.